The second kappa shape index (κ2) is 8.99. The molecule has 2 rings (SSSR count). The molecule has 2 aromatic rings. The van der Waals surface area contributed by atoms with E-state index >= 15 is 0 Å². The van der Waals surface area contributed by atoms with Gasteiger partial charge >= 0.3 is 0 Å². The van der Waals surface area contributed by atoms with Gasteiger partial charge in [0.15, 0.2) is 5.78 Å². The van der Waals surface area contributed by atoms with Crippen LogP contribution in [-0.2, 0) is 17.0 Å². The number of carbonyl (C=O) groups excluding carboxylic acids is 2. The van der Waals surface area contributed by atoms with Crippen LogP contribution in [0.2, 0.25) is 0 Å². The molecule has 0 aliphatic carbocycles. The molecule has 0 aliphatic rings. The maximum absolute atomic E-state index is 12.2. The Balaban J connectivity index is 1.83. The molecule has 24 heavy (non-hydrogen) atoms. The van der Waals surface area contributed by atoms with Crippen molar-refractivity contribution in [2.24, 2.45) is 0 Å². The molecule has 1 unspecified atom stereocenters. The SMILES string of the molecule is CCCc1nc(CSC(C)C(=O)Nc2ccc(C(C)=O)cc2)cs1. The molecule has 0 fully saturated rings. The number of rotatable bonds is 8. The number of thiazole rings is 1. The Morgan fingerprint density at radius 1 is 1.29 bits per heavy atom. The number of benzene rings is 1. The number of hydrogen-bond donors (Lipinski definition) is 1. The van der Waals surface area contributed by atoms with Crippen LogP contribution in [0.5, 0.6) is 0 Å². The summed E-state index contributed by atoms with van der Waals surface area (Å²) in [5, 5.41) is 5.94. The molecule has 6 heteroatoms. The molecule has 0 spiro atoms. The smallest absolute Gasteiger partial charge is 0.237 e. The van der Waals surface area contributed by atoms with Crippen molar-refractivity contribution in [3.05, 3.63) is 45.9 Å². The quantitative estimate of drug-likeness (QED) is 0.700. The third kappa shape index (κ3) is 5.46. The van der Waals surface area contributed by atoms with Gasteiger partial charge in [-0.05, 0) is 51.0 Å². The molecule has 0 aliphatic heterocycles. The molecule has 1 N–H and O–H groups in total. The lowest BCUT2D eigenvalue weighted by Gasteiger charge is -2.11. The lowest BCUT2D eigenvalue weighted by atomic mass is 10.1. The Hall–Kier alpha value is -1.66. The van der Waals surface area contributed by atoms with E-state index in [1.807, 2.05) is 6.92 Å². The minimum Gasteiger partial charge on any atom is -0.325 e. The van der Waals surface area contributed by atoms with Crippen molar-refractivity contribution in [1.82, 2.24) is 4.98 Å². The fraction of sp³-hybridized carbons (Fsp3) is 0.389. The second-order valence-corrected chi connectivity index (χ2v) is 7.83. The molecule has 1 amide bonds. The van der Waals surface area contributed by atoms with Gasteiger partial charge in [0.05, 0.1) is 16.0 Å². The summed E-state index contributed by atoms with van der Waals surface area (Å²) in [4.78, 5) is 28.1. The number of amides is 1. The summed E-state index contributed by atoms with van der Waals surface area (Å²) in [7, 11) is 0. The van der Waals surface area contributed by atoms with Crippen LogP contribution in [0.15, 0.2) is 29.6 Å². The normalized spacial score (nSPS) is 12.0. The molecule has 1 atom stereocenters. The summed E-state index contributed by atoms with van der Waals surface area (Å²) in [6.07, 6.45) is 2.11. The van der Waals surface area contributed by atoms with Crippen LogP contribution >= 0.6 is 23.1 Å². The zero-order valence-electron chi connectivity index (χ0n) is 14.2. The topological polar surface area (TPSA) is 59.1 Å². The van der Waals surface area contributed by atoms with Gasteiger partial charge in [-0.25, -0.2) is 4.98 Å². The Labute approximate surface area is 151 Å². The van der Waals surface area contributed by atoms with E-state index in [1.165, 1.54) is 6.92 Å². The highest BCUT2D eigenvalue weighted by atomic mass is 32.2. The van der Waals surface area contributed by atoms with Crippen LogP contribution in [0.1, 0.15) is 48.3 Å². The van der Waals surface area contributed by atoms with Crippen molar-refractivity contribution in [2.45, 2.75) is 44.6 Å². The maximum atomic E-state index is 12.2. The molecule has 1 aromatic heterocycles. The number of nitrogens with zero attached hydrogens (tertiary/aromatic N) is 1. The molecule has 1 heterocycles. The number of aromatic nitrogens is 1. The van der Waals surface area contributed by atoms with Gasteiger partial charge in [-0.1, -0.05) is 6.92 Å². The van der Waals surface area contributed by atoms with Crippen molar-refractivity contribution in [1.29, 1.82) is 0 Å². The van der Waals surface area contributed by atoms with Crippen LogP contribution in [0.25, 0.3) is 0 Å². The molecular weight excluding hydrogens is 340 g/mol. The number of carbonyl (C=O) groups is 2. The highest BCUT2D eigenvalue weighted by Crippen LogP contribution is 2.21. The number of hydrogen-bond acceptors (Lipinski definition) is 5. The van der Waals surface area contributed by atoms with Crippen LogP contribution in [0, 0.1) is 0 Å². The number of Topliss-reactive ketones (excluding diaryl/α,β-unsaturated/α-hetero) is 1. The van der Waals surface area contributed by atoms with Crippen LogP contribution < -0.4 is 5.32 Å². The van der Waals surface area contributed by atoms with E-state index in [9.17, 15) is 9.59 Å². The van der Waals surface area contributed by atoms with Gasteiger partial charge in [-0.2, -0.15) is 0 Å². The van der Waals surface area contributed by atoms with Gasteiger partial charge in [-0.3, -0.25) is 9.59 Å². The van der Waals surface area contributed by atoms with Crippen molar-refractivity contribution < 1.29 is 9.59 Å². The molecule has 128 valence electrons. The fourth-order valence-electron chi connectivity index (χ4n) is 2.06. The van der Waals surface area contributed by atoms with E-state index < -0.39 is 0 Å². The Bertz CT molecular complexity index is 695. The molecule has 0 bridgehead atoms. The molecular formula is C18H22N2O2S2. The largest absolute Gasteiger partial charge is 0.325 e. The first-order chi connectivity index (χ1) is 11.5. The summed E-state index contributed by atoms with van der Waals surface area (Å²) in [6, 6.07) is 6.95. The summed E-state index contributed by atoms with van der Waals surface area (Å²) in [6.45, 7) is 5.56. The third-order valence-electron chi connectivity index (χ3n) is 3.47. The van der Waals surface area contributed by atoms with Crippen LogP contribution in [-0.4, -0.2) is 21.9 Å². The summed E-state index contributed by atoms with van der Waals surface area (Å²) < 4.78 is 0. The van der Waals surface area contributed by atoms with Crippen molar-refractivity contribution in [3.8, 4) is 0 Å². The maximum Gasteiger partial charge on any atom is 0.237 e. The van der Waals surface area contributed by atoms with Crippen molar-refractivity contribution >= 4 is 40.5 Å². The zero-order chi connectivity index (χ0) is 17.5. The lowest BCUT2D eigenvalue weighted by Crippen LogP contribution is -2.22. The lowest BCUT2D eigenvalue weighted by molar-refractivity contribution is -0.115. The third-order valence-corrected chi connectivity index (χ3v) is 5.61. The minimum absolute atomic E-state index is 0.0162. The first kappa shape index (κ1) is 18.7. The summed E-state index contributed by atoms with van der Waals surface area (Å²) in [5.74, 6) is 0.708. The average molecular weight is 363 g/mol. The van der Waals surface area contributed by atoms with Crippen molar-refractivity contribution in [2.75, 3.05) is 5.32 Å². The average Bonchev–Trinajstić information content (AvgIpc) is 3.01. The summed E-state index contributed by atoms with van der Waals surface area (Å²) >= 11 is 3.26. The van der Waals surface area contributed by atoms with Crippen molar-refractivity contribution in [3.63, 3.8) is 0 Å². The van der Waals surface area contributed by atoms with Gasteiger partial charge in [-0.15, -0.1) is 23.1 Å². The number of anilines is 1. The highest BCUT2D eigenvalue weighted by Gasteiger charge is 2.14. The van der Waals surface area contributed by atoms with Crippen LogP contribution in [0.3, 0.4) is 0 Å². The Morgan fingerprint density at radius 3 is 2.62 bits per heavy atom. The van der Waals surface area contributed by atoms with Gasteiger partial charge < -0.3 is 5.32 Å². The van der Waals surface area contributed by atoms with E-state index in [2.05, 4.69) is 22.6 Å². The summed E-state index contributed by atoms with van der Waals surface area (Å²) in [5.41, 5.74) is 2.39. The standard InChI is InChI=1S/C18H22N2O2S2/c1-4-5-17-19-16(11-24-17)10-23-13(3)18(22)20-15-8-6-14(7-9-15)12(2)21/h6-9,11,13H,4-5,10H2,1-3H3,(H,20,22). The Morgan fingerprint density at radius 2 is 2.00 bits per heavy atom. The van der Waals surface area contributed by atoms with E-state index in [0.717, 1.165) is 29.3 Å². The molecule has 0 radical (unpaired) electrons. The van der Waals surface area contributed by atoms with Gasteiger partial charge in [0, 0.05) is 22.4 Å². The zero-order valence-corrected chi connectivity index (χ0v) is 15.8. The first-order valence-electron chi connectivity index (χ1n) is 7.96. The molecule has 4 nitrogen and oxygen atoms in total. The predicted octanol–water partition coefficient (Wildman–Crippen LogP) is 4.56. The molecule has 1 aromatic carbocycles. The van der Waals surface area contributed by atoms with Gasteiger partial charge in [0.2, 0.25) is 5.91 Å². The Kier molecular flexibility index (Phi) is 6.99. The predicted molar refractivity (Wildman–Crippen MR) is 102 cm³/mol. The van der Waals surface area contributed by atoms with Gasteiger partial charge in [0.1, 0.15) is 0 Å². The number of ketones is 1. The number of nitrogens with one attached hydrogen (secondary N) is 1. The fourth-order valence-corrected chi connectivity index (χ4v) is 3.85. The second-order valence-electron chi connectivity index (χ2n) is 5.56. The van der Waals surface area contributed by atoms with E-state index in [1.54, 1.807) is 47.4 Å². The minimum atomic E-state index is -0.172. The molecule has 0 saturated heterocycles. The van der Waals surface area contributed by atoms with Crippen LogP contribution in [0.4, 0.5) is 5.69 Å². The number of thioether (sulfide) groups is 1. The highest BCUT2D eigenvalue weighted by molar-refractivity contribution is 7.99. The van der Waals surface area contributed by atoms with Gasteiger partial charge in [0.25, 0.3) is 0 Å². The van der Waals surface area contributed by atoms with E-state index in [-0.39, 0.29) is 16.9 Å². The first-order valence-corrected chi connectivity index (χ1v) is 9.89. The monoisotopic (exact) mass is 362 g/mol. The van der Waals surface area contributed by atoms with E-state index in [4.69, 9.17) is 0 Å². The molecule has 0 saturated carbocycles. The van der Waals surface area contributed by atoms with E-state index in [0.29, 0.717) is 11.3 Å². The number of aryl methyl sites for hydroxylation is 1.